The van der Waals surface area contributed by atoms with E-state index in [9.17, 15) is 0 Å². The standard InChI is InChI=1S/C18H23N3O/c1-4-16(12-19-8-1)7-11-21-10-3-6-18(14-21)22-15-17-5-2-9-20-13-17/h1-2,4-5,8-9,12-13,18H,3,6-7,10-11,14-15H2. The maximum atomic E-state index is 6.06. The topological polar surface area (TPSA) is 38.2 Å². The summed E-state index contributed by atoms with van der Waals surface area (Å²) in [4.78, 5) is 10.8. The second-order valence-corrected chi connectivity index (χ2v) is 5.85. The largest absolute Gasteiger partial charge is 0.372 e. The van der Waals surface area contributed by atoms with E-state index in [-0.39, 0.29) is 0 Å². The van der Waals surface area contributed by atoms with Crippen LogP contribution in [0.2, 0.25) is 0 Å². The van der Waals surface area contributed by atoms with Gasteiger partial charge in [-0.15, -0.1) is 0 Å². The van der Waals surface area contributed by atoms with Crippen molar-refractivity contribution in [1.82, 2.24) is 14.9 Å². The van der Waals surface area contributed by atoms with Gasteiger partial charge in [-0.3, -0.25) is 9.97 Å². The van der Waals surface area contributed by atoms with Gasteiger partial charge in [-0.25, -0.2) is 0 Å². The van der Waals surface area contributed by atoms with Crippen LogP contribution in [0, 0.1) is 0 Å². The fourth-order valence-corrected chi connectivity index (χ4v) is 2.88. The molecule has 0 aliphatic carbocycles. The highest BCUT2D eigenvalue weighted by molar-refractivity contribution is 5.09. The van der Waals surface area contributed by atoms with Crippen LogP contribution in [-0.2, 0) is 17.8 Å². The monoisotopic (exact) mass is 297 g/mol. The van der Waals surface area contributed by atoms with Crippen LogP contribution in [0.3, 0.4) is 0 Å². The van der Waals surface area contributed by atoms with Crippen molar-refractivity contribution in [1.29, 1.82) is 0 Å². The Hall–Kier alpha value is -1.78. The quantitative estimate of drug-likeness (QED) is 0.821. The number of likely N-dealkylation sites (tertiary alicyclic amines) is 1. The number of ether oxygens (including phenoxy) is 1. The molecule has 3 rings (SSSR count). The van der Waals surface area contributed by atoms with Gasteiger partial charge in [0.1, 0.15) is 0 Å². The summed E-state index contributed by atoms with van der Waals surface area (Å²) in [6.45, 7) is 3.95. The Kier molecular flexibility index (Phi) is 5.51. The van der Waals surface area contributed by atoms with Gasteiger partial charge < -0.3 is 9.64 Å². The zero-order chi connectivity index (χ0) is 15.0. The van der Waals surface area contributed by atoms with Crippen LogP contribution in [0.25, 0.3) is 0 Å². The zero-order valence-corrected chi connectivity index (χ0v) is 12.9. The molecule has 1 fully saturated rings. The number of pyridine rings is 2. The van der Waals surface area contributed by atoms with E-state index in [4.69, 9.17) is 4.74 Å². The van der Waals surface area contributed by atoms with Crippen LogP contribution in [0.1, 0.15) is 24.0 Å². The number of rotatable bonds is 6. The Labute approximate surface area is 132 Å². The molecule has 1 unspecified atom stereocenters. The summed E-state index contributed by atoms with van der Waals surface area (Å²) >= 11 is 0. The van der Waals surface area contributed by atoms with Gasteiger partial charge in [-0.1, -0.05) is 12.1 Å². The van der Waals surface area contributed by atoms with Crippen LogP contribution >= 0.6 is 0 Å². The fraction of sp³-hybridized carbons (Fsp3) is 0.444. The molecule has 3 heterocycles. The lowest BCUT2D eigenvalue weighted by atomic mass is 10.1. The average Bonchev–Trinajstić information content (AvgIpc) is 2.60. The molecular formula is C18H23N3O. The van der Waals surface area contributed by atoms with Crippen molar-refractivity contribution in [3.8, 4) is 0 Å². The SMILES string of the molecule is c1cncc(CCN2CCCC(OCc3cccnc3)C2)c1. The number of hydrogen-bond acceptors (Lipinski definition) is 4. The second kappa shape index (κ2) is 8.01. The van der Waals surface area contributed by atoms with E-state index >= 15 is 0 Å². The highest BCUT2D eigenvalue weighted by Crippen LogP contribution is 2.15. The van der Waals surface area contributed by atoms with Gasteiger partial charge in [-0.2, -0.15) is 0 Å². The van der Waals surface area contributed by atoms with E-state index in [1.54, 1.807) is 6.20 Å². The van der Waals surface area contributed by atoms with E-state index in [1.165, 1.54) is 18.5 Å². The molecule has 0 aromatic carbocycles. The molecule has 4 nitrogen and oxygen atoms in total. The summed E-state index contributed by atoms with van der Waals surface area (Å²) in [5.41, 5.74) is 2.45. The van der Waals surface area contributed by atoms with Gasteiger partial charge in [0.25, 0.3) is 0 Å². The first-order valence-corrected chi connectivity index (χ1v) is 8.02. The molecule has 0 bridgehead atoms. The first-order valence-electron chi connectivity index (χ1n) is 8.02. The predicted molar refractivity (Wildman–Crippen MR) is 86.4 cm³/mol. The molecule has 0 amide bonds. The number of aromatic nitrogens is 2. The fourth-order valence-electron chi connectivity index (χ4n) is 2.88. The minimum atomic E-state index is 0.336. The third-order valence-corrected chi connectivity index (χ3v) is 4.11. The van der Waals surface area contributed by atoms with Gasteiger partial charge in [0, 0.05) is 37.9 Å². The highest BCUT2D eigenvalue weighted by atomic mass is 16.5. The molecule has 22 heavy (non-hydrogen) atoms. The number of hydrogen-bond donors (Lipinski definition) is 0. The molecule has 116 valence electrons. The maximum absolute atomic E-state index is 6.06. The lowest BCUT2D eigenvalue weighted by Crippen LogP contribution is -2.40. The normalized spacial score (nSPS) is 19.2. The van der Waals surface area contributed by atoms with E-state index in [2.05, 4.69) is 27.0 Å². The number of piperidine rings is 1. The summed E-state index contributed by atoms with van der Waals surface area (Å²) in [5, 5.41) is 0. The molecular weight excluding hydrogens is 274 g/mol. The summed E-state index contributed by atoms with van der Waals surface area (Å²) in [6.07, 6.45) is 11.2. The van der Waals surface area contributed by atoms with Crippen LogP contribution in [0.4, 0.5) is 0 Å². The molecule has 4 heteroatoms. The summed E-state index contributed by atoms with van der Waals surface area (Å²) in [5.74, 6) is 0. The second-order valence-electron chi connectivity index (χ2n) is 5.85. The minimum Gasteiger partial charge on any atom is -0.372 e. The summed E-state index contributed by atoms with van der Waals surface area (Å²) in [6, 6.07) is 8.18. The third-order valence-electron chi connectivity index (χ3n) is 4.11. The van der Waals surface area contributed by atoms with Gasteiger partial charge in [0.15, 0.2) is 0 Å². The Bertz CT molecular complexity index is 497. The smallest absolute Gasteiger partial charge is 0.0736 e. The molecule has 0 spiro atoms. The first kappa shape index (κ1) is 15.1. The minimum absolute atomic E-state index is 0.336. The lowest BCUT2D eigenvalue weighted by molar-refractivity contribution is -0.00973. The van der Waals surface area contributed by atoms with Crippen molar-refractivity contribution < 1.29 is 4.74 Å². The van der Waals surface area contributed by atoms with E-state index < -0.39 is 0 Å². The van der Waals surface area contributed by atoms with Crippen molar-refractivity contribution in [2.75, 3.05) is 19.6 Å². The Balaban J connectivity index is 1.43. The third kappa shape index (κ3) is 4.61. The van der Waals surface area contributed by atoms with E-state index in [0.717, 1.165) is 31.5 Å². The summed E-state index contributed by atoms with van der Waals surface area (Å²) in [7, 11) is 0. The van der Waals surface area contributed by atoms with E-state index in [1.807, 2.05) is 30.7 Å². The van der Waals surface area contributed by atoms with Crippen LogP contribution in [0.5, 0.6) is 0 Å². The number of nitrogens with zero attached hydrogens (tertiary/aromatic N) is 3. The van der Waals surface area contributed by atoms with E-state index in [0.29, 0.717) is 12.7 Å². The highest BCUT2D eigenvalue weighted by Gasteiger charge is 2.20. The van der Waals surface area contributed by atoms with Gasteiger partial charge in [0.05, 0.1) is 12.7 Å². The Morgan fingerprint density at radius 3 is 2.59 bits per heavy atom. The van der Waals surface area contributed by atoms with Crippen molar-refractivity contribution in [2.24, 2.45) is 0 Å². The molecule has 1 atom stereocenters. The Morgan fingerprint density at radius 2 is 1.86 bits per heavy atom. The summed E-state index contributed by atoms with van der Waals surface area (Å²) < 4.78 is 6.06. The molecule has 1 aliphatic heterocycles. The zero-order valence-electron chi connectivity index (χ0n) is 12.9. The van der Waals surface area contributed by atoms with Gasteiger partial charge >= 0.3 is 0 Å². The molecule has 1 saturated heterocycles. The predicted octanol–water partition coefficient (Wildman–Crippen LogP) is 2.70. The van der Waals surface area contributed by atoms with Crippen LogP contribution < -0.4 is 0 Å². The molecule has 2 aromatic rings. The molecule has 0 N–H and O–H groups in total. The lowest BCUT2D eigenvalue weighted by Gasteiger charge is -2.32. The van der Waals surface area contributed by atoms with Gasteiger partial charge in [-0.05, 0) is 49.1 Å². The van der Waals surface area contributed by atoms with Crippen LogP contribution in [-0.4, -0.2) is 40.6 Å². The molecule has 0 saturated carbocycles. The Morgan fingerprint density at radius 1 is 1.09 bits per heavy atom. The van der Waals surface area contributed by atoms with Crippen molar-refractivity contribution >= 4 is 0 Å². The maximum Gasteiger partial charge on any atom is 0.0736 e. The average molecular weight is 297 g/mol. The van der Waals surface area contributed by atoms with Crippen LogP contribution in [0.15, 0.2) is 49.1 Å². The van der Waals surface area contributed by atoms with Crippen molar-refractivity contribution in [2.45, 2.75) is 32.0 Å². The molecule has 2 aromatic heterocycles. The first-order chi connectivity index (χ1) is 10.9. The van der Waals surface area contributed by atoms with Gasteiger partial charge in [0.2, 0.25) is 0 Å². The molecule has 0 radical (unpaired) electrons. The van der Waals surface area contributed by atoms with Crippen molar-refractivity contribution in [3.63, 3.8) is 0 Å². The molecule has 1 aliphatic rings. The van der Waals surface area contributed by atoms with Crippen molar-refractivity contribution in [3.05, 3.63) is 60.2 Å².